The van der Waals surface area contributed by atoms with Gasteiger partial charge in [-0.1, -0.05) is 175 Å². The summed E-state index contributed by atoms with van der Waals surface area (Å²) < 4.78 is 0. The SMILES string of the molecule is CCCCCCCCC1(CCCCCCCC)c2cc(-c3cccc(C)c3)ccc2-c2ccc(-c3cccc(C)c3)cc21. The molecule has 0 amide bonds. The standard InChI is InChI=1S/C43H54/c1-5-7-9-11-13-15-27-43(28-16-14-12-10-8-6-2)41-31-37(35-21-17-19-33(3)29-35)23-25-39(41)40-26-24-38(32-42(40)43)36-22-18-20-34(4)30-36/h17-26,29-32H,5-16,27-28H2,1-4H3. The van der Waals surface area contributed by atoms with Crippen molar-refractivity contribution in [1.29, 1.82) is 0 Å². The lowest BCUT2D eigenvalue weighted by Gasteiger charge is -2.33. The smallest absolute Gasteiger partial charge is 0.0215 e. The monoisotopic (exact) mass is 570 g/mol. The fourth-order valence-corrected chi connectivity index (χ4v) is 7.58. The van der Waals surface area contributed by atoms with Gasteiger partial charge in [0.2, 0.25) is 0 Å². The number of unbranched alkanes of at least 4 members (excludes halogenated alkanes) is 10. The summed E-state index contributed by atoms with van der Waals surface area (Å²) >= 11 is 0. The quantitative estimate of drug-likeness (QED) is 0.118. The van der Waals surface area contributed by atoms with Gasteiger partial charge in [-0.05, 0) is 83.3 Å². The molecule has 0 unspecified atom stereocenters. The summed E-state index contributed by atoms with van der Waals surface area (Å²) in [4.78, 5) is 0. The Morgan fingerprint density at radius 3 is 1.23 bits per heavy atom. The summed E-state index contributed by atoms with van der Waals surface area (Å²) in [6, 6.07) is 32.9. The minimum absolute atomic E-state index is 0.0832. The predicted octanol–water partition coefficient (Wildman–Crippen LogP) is 13.4. The number of fused-ring (bicyclic) bond motifs is 3. The van der Waals surface area contributed by atoms with Gasteiger partial charge < -0.3 is 0 Å². The average Bonchev–Trinajstić information content (AvgIpc) is 3.29. The molecule has 0 radical (unpaired) electrons. The minimum atomic E-state index is 0.0832. The maximum Gasteiger partial charge on any atom is 0.0215 e. The van der Waals surface area contributed by atoms with E-state index in [0.29, 0.717) is 0 Å². The van der Waals surface area contributed by atoms with Gasteiger partial charge in [-0.3, -0.25) is 0 Å². The van der Waals surface area contributed by atoms with E-state index in [0.717, 1.165) is 0 Å². The van der Waals surface area contributed by atoms with Crippen LogP contribution in [0.3, 0.4) is 0 Å². The summed E-state index contributed by atoms with van der Waals surface area (Å²) in [5, 5.41) is 0. The molecule has 226 valence electrons. The third kappa shape index (κ3) is 7.34. The van der Waals surface area contributed by atoms with Gasteiger partial charge in [0, 0.05) is 5.41 Å². The Morgan fingerprint density at radius 2 is 0.814 bits per heavy atom. The van der Waals surface area contributed by atoms with E-state index in [2.05, 4.69) is 113 Å². The summed E-state index contributed by atoms with van der Waals surface area (Å²) in [6.07, 6.45) is 18.7. The van der Waals surface area contributed by atoms with Gasteiger partial charge in [-0.25, -0.2) is 0 Å². The van der Waals surface area contributed by atoms with Crippen LogP contribution in [0.1, 0.15) is 126 Å². The van der Waals surface area contributed by atoms with E-state index in [-0.39, 0.29) is 5.41 Å². The molecule has 0 nitrogen and oxygen atoms in total. The van der Waals surface area contributed by atoms with Crippen molar-refractivity contribution in [2.45, 2.75) is 123 Å². The van der Waals surface area contributed by atoms with Crippen LogP contribution in [0.4, 0.5) is 0 Å². The molecule has 4 aromatic rings. The molecule has 0 aromatic heterocycles. The second kappa shape index (κ2) is 15.1. The van der Waals surface area contributed by atoms with Gasteiger partial charge >= 0.3 is 0 Å². The molecule has 0 spiro atoms. The minimum Gasteiger partial charge on any atom is -0.0654 e. The Hall–Kier alpha value is -3.12. The first-order chi connectivity index (χ1) is 21.1. The highest BCUT2D eigenvalue weighted by atomic mass is 14.5. The first-order valence-corrected chi connectivity index (χ1v) is 17.5. The van der Waals surface area contributed by atoms with Crippen molar-refractivity contribution in [2.75, 3.05) is 0 Å². The van der Waals surface area contributed by atoms with E-state index < -0.39 is 0 Å². The molecular formula is C43H54. The Bertz CT molecular complexity index is 1360. The van der Waals surface area contributed by atoms with Crippen molar-refractivity contribution < 1.29 is 0 Å². The van der Waals surface area contributed by atoms with Gasteiger partial charge in [0.25, 0.3) is 0 Å². The number of rotatable bonds is 16. The summed E-state index contributed by atoms with van der Waals surface area (Å²) in [5.41, 5.74) is 14.3. The second-order valence-corrected chi connectivity index (χ2v) is 13.4. The third-order valence-corrected chi connectivity index (χ3v) is 9.98. The van der Waals surface area contributed by atoms with Crippen LogP contribution in [0.15, 0.2) is 84.9 Å². The highest BCUT2D eigenvalue weighted by Crippen LogP contribution is 2.55. The molecule has 0 saturated carbocycles. The molecule has 0 aliphatic heterocycles. The van der Waals surface area contributed by atoms with Crippen LogP contribution in [-0.2, 0) is 5.41 Å². The zero-order valence-electron chi connectivity index (χ0n) is 27.5. The van der Waals surface area contributed by atoms with E-state index in [1.54, 1.807) is 11.1 Å². The number of benzene rings is 4. The Balaban J connectivity index is 1.58. The molecule has 1 aliphatic carbocycles. The first-order valence-electron chi connectivity index (χ1n) is 17.5. The maximum atomic E-state index is 2.59. The van der Waals surface area contributed by atoms with E-state index in [4.69, 9.17) is 0 Å². The van der Waals surface area contributed by atoms with Crippen molar-refractivity contribution >= 4 is 0 Å². The number of aryl methyl sites for hydroxylation is 2. The van der Waals surface area contributed by atoms with Crippen molar-refractivity contribution in [3.05, 3.63) is 107 Å². The number of hydrogen-bond donors (Lipinski definition) is 0. The van der Waals surface area contributed by atoms with Crippen LogP contribution in [0.2, 0.25) is 0 Å². The highest BCUT2D eigenvalue weighted by molar-refractivity contribution is 5.86. The molecule has 4 aromatic carbocycles. The Labute approximate surface area is 263 Å². The zero-order chi connectivity index (χ0) is 30.1. The lowest BCUT2D eigenvalue weighted by Crippen LogP contribution is -2.25. The largest absolute Gasteiger partial charge is 0.0654 e. The van der Waals surface area contributed by atoms with Crippen LogP contribution in [0.25, 0.3) is 33.4 Å². The summed E-state index contributed by atoms with van der Waals surface area (Å²) in [6.45, 7) is 9.06. The van der Waals surface area contributed by atoms with Crippen molar-refractivity contribution in [2.24, 2.45) is 0 Å². The molecule has 0 atom stereocenters. The topological polar surface area (TPSA) is 0 Å². The van der Waals surface area contributed by atoms with Crippen LogP contribution in [0, 0.1) is 13.8 Å². The number of hydrogen-bond acceptors (Lipinski definition) is 0. The lowest BCUT2D eigenvalue weighted by molar-refractivity contribution is 0.398. The molecule has 0 saturated heterocycles. The van der Waals surface area contributed by atoms with Gasteiger partial charge in [-0.15, -0.1) is 0 Å². The van der Waals surface area contributed by atoms with E-state index >= 15 is 0 Å². The third-order valence-electron chi connectivity index (χ3n) is 9.98. The van der Waals surface area contributed by atoms with E-state index in [1.165, 1.54) is 134 Å². The van der Waals surface area contributed by atoms with Crippen LogP contribution in [0.5, 0.6) is 0 Å². The second-order valence-electron chi connectivity index (χ2n) is 13.4. The van der Waals surface area contributed by atoms with Crippen LogP contribution in [-0.4, -0.2) is 0 Å². The predicted molar refractivity (Wildman–Crippen MR) is 189 cm³/mol. The van der Waals surface area contributed by atoms with E-state index in [9.17, 15) is 0 Å². The van der Waals surface area contributed by atoms with Crippen LogP contribution >= 0.6 is 0 Å². The Kier molecular flexibility index (Phi) is 11.0. The first kappa shape index (κ1) is 31.3. The molecule has 0 fully saturated rings. The lowest BCUT2D eigenvalue weighted by atomic mass is 9.70. The molecule has 1 aliphatic rings. The van der Waals surface area contributed by atoms with Gasteiger partial charge in [0.05, 0.1) is 0 Å². The van der Waals surface area contributed by atoms with Crippen molar-refractivity contribution in [3.63, 3.8) is 0 Å². The fourth-order valence-electron chi connectivity index (χ4n) is 7.58. The molecule has 5 rings (SSSR count). The maximum absolute atomic E-state index is 2.59. The molecular weight excluding hydrogens is 516 g/mol. The normalized spacial score (nSPS) is 13.2. The zero-order valence-corrected chi connectivity index (χ0v) is 27.5. The van der Waals surface area contributed by atoms with Crippen molar-refractivity contribution in [3.8, 4) is 33.4 Å². The Morgan fingerprint density at radius 1 is 0.419 bits per heavy atom. The van der Waals surface area contributed by atoms with E-state index in [1.807, 2.05) is 0 Å². The molecule has 0 N–H and O–H groups in total. The van der Waals surface area contributed by atoms with Gasteiger partial charge in [0.15, 0.2) is 0 Å². The fraction of sp³-hybridized carbons (Fsp3) is 0.442. The van der Waals surface area contributed by atoms with Crippen molar-refractivity contribution in [1.82, 2.24) is 0 Å². The van der Waals surface area contributed by atoms with Gasteiger partial charge in [0.1, 0.15) is 0 Å². The highest BCUT2D eigenvalue weighted by Gasteiger charge is 2.42. The molecule has 0 bridgehead atoms. The summed E-state index contributed by atoms with van der Waals surface area (Å²) in [5.74, 6) is 0. The van der Waals surface area contributed by atoms with Crippen LogP contribution < -0.4 is 0 Å². The molecule has 0 heterocycles. The average molecular weight is 571 g/mol. The van der Waals surface area contributed by atoms with Gasteiger partial charge in [-0.2, -0.15) is 0 Å². The molecule has 0 heteroatoms. The summed E-state index contributed by atoms with van der Waals surface area (Å²) in [7, 11) is 0. The molecule has 43 heavy (non-hydrogen) atoms.